The van der Waals surface area contributed by atoms with E-state index in [1.165, 1.54) is 4.88 Å². The zero-order chi connectivity index (χ0) is 24.5. The number of carboxylic acids is 2. The highest BCUT2D eigenvalue weighted by Crippen LogP contribution is 2.38. The summed E-state index contributed by atoms with van der Waals surface area (Å²) in [5.41, 5.74) is 1.12. The average molecular weight is 512 g/mol. The summed E-state index contributed by atoms with van der Waals surface area (Å²) in [5, 5.41) is 21.2. The number of piperazine rings is 1. The number of carbonyl (C=O) groups is 2. The number of aliphatic carboxylic acids is 2. The lowest BCUT2D eigenvalue weighted by Crippen LogP contribution is -2.47. The SMILES string of the molecule is CN1CCN(C(CNCc2cc(Cl)c3c(c2)OCCCO3)c2cccs2)CC1.O=C(O)C(=O)O. The molecular weight excluding hydrogens is 482 g/mol. The number of likely N-dealkylation sites (N-methyl/N-ethyl adjacent to an activating group) is 1. The van der Waals surface area contributed by atoms with Gasteiger partial charge in [0.2, 0.25) is 0 Å². The molecular formula is C23H30ClN3O6S. The molecule has 1 fully saturated rings. The van der Waals surface area contributed by atoms with Gasteiger partial charge < -0.3 is 29.9 Å². The van der Waals surface area contributed by atoms with Gasteiger partial charge in [-0.1, -0.05) is 17.7 Å². The maximum absolute atomic E-state index is 9.10. The van der Waals surface area contributed by atoms with Crippen molar-refractivity contribution < 1.29 is 29.3 Å². The van der Waals surface area contributed by atoms with Gasteiger partial charge in [-0.05, 0) is 36.2 Å². The number of thiophene rings is 1. The van der Waals surface area contributed by atoms with Crippen LogP contribution in [0.25, 0.3) is 0 Å². The maximum Gasteiger partial charge on any atom is 0.414 e. The Morgan fingerprint density at radius 2 is 1.85 bits per heavy atom. The number of hydrogen-bond acceptors (Lipinski definition) is 8. The van der Waals surface area contributed by atoms with Gasteiger partial charge in [-0.3, -0.25) is 4.90 Å². The smallest absolute Gasteiger partial charge is 0.414 e. The van der Waals surface area contributed by atoms with Gasteiger partial charge in [0.05, 0.1) is 24.3 Å². The molecule has 34 heavy (non-hydrogen) atoms. The molecule has 3 heterocycles. The van der Waals surface area contributed by atoms with E-state index in [2.05, 4.69) is 45.7 Å². The lowest BCUT2D eigenvalue weighted by molar-refractivity contribution is -0.159. The molecule has 1 aromatic carbocycles. The van der Waals surface area contributed by atoms with Crippen LogP contribution in [-0.4, -0.2) is 84.9 Å². The molecule has 0 bridgehead atoms. The van der Waals surface area contributed by atoms with Crippen LogP contribution in [0.3, 0.4) is 0 Å². The zero-order valence-corrected chi connectivity index (χ0v) is 20.6. The maximum atomic E-state index is 9.10. The van der Waals surface area contributed by atoms with E-state index in [-0.39, 0.29) is 0 Å². The van der Waals surface area contributed by atoms with Crippen molar-refractivity contribution in [1.29, 1.82) is 0 Å². The quantitative estimate of drug-likeness (QED) is 0.504. The van der Waals surface area contributed by atoms with Crippen LogP contribution in [0.5, 0.6) is 11.5 Å². The number of carboxylic acid groups (broad SMARTS) is 2. The molecule has 0 saturated carbocycles. The summed E-state index contributed by atoms with van der Waals surface area (Å²) in [6.45, 7) is 7.46. The van der Waals surface area contributed by atoms with E-state index >= 15 is 0 Å². The van der Waals surface area contributed by atoms with E-state index in [9.17, 15) is 0 Å². The normalized spacial score (nSPS) is 17.2. The number of fused-ring (bicyclic) bond motifs is 1. The van der Waals surface area contributed by atoms with Gasteiger partial charge in [0, 0.05) is 50.6 Å². The van der Waals surface area contributed by atoms with Crippen LogP contribution in [0.2, 0.25) is 5.02 Å². The highest BCUT2D eigenvalue weighted by molar-refractivity contribution is 7.10. The topological polar surface area (TPSA) is 112 Å². The Balaban J connectivity index is 0.000000481. The molecule has 11 heteroatoms. The molecule has 4 rings (SSSR count). The number of rotatable bonds is 6. The minimum atomic E-state index is -1.82. The average Bonchev–Trinajstić information content (AvgIpc) is 3.23. The first-order valence-electron chi connectivity index (χ1n) is 11.1. The number of ether oxygens (including phenoxy) is 2. The minimum absolute atomic E-state index is 0.407. The molecule has 1 aromatic heterocycles. The summed E-state index contributed by atoms with van der Waals surface area (Å²) < 4.78 is 11.5. The molecule has 0 amide bonds. The monoisotopic (exact) mass is 511 g/mol. The van der Waals surface area contributed by atoms with Crippen molar-refractivity contribution in [2.45, 2.75) is 19.0 Å². The van der Waals surface area contributed by atoms with Gasteiger partial charge in [-0.2, -0.15) is 0 Å². The minimum Gasteiger partial charge on any atom is -0.489 e. The van der Waals surface area contributed by atoms with Crippen molar-refractivity contribution in [3.05, 3.63) is 45.1 Å². The lowest BCUT2D eigenvalue weighted by atomic mass is 10.1. The summed E-state index contributed by atoms with van der Waals surface area (Å²) >= 11 is 8.28. The van der Waals surface area contributed by atoms with Crippen molar-refractivity contribution in [2.24, 2.45) is 0 Å². The fourth-order valence-corrected chi connectivity index (χ4v) is 4.91. The Labute approximate surface area is 207 Å². The summed E-state index contributed by atoms with van der Waals surface area (Å²) in [6, 6.07) is 8.84. The Kier molecular flexibility index (Phi) is 9.97. The number of hydrogen-bond donors (Lipinski definition) is 3. The van der Waals surface area contributed by atoms with Gasteiger partial charge >= 0.3 is 11.9 Å². The molecule has 0 aliphatic carbocycles. The Bertz CT molecular complexity index is 938. The van der Waals surface area contributed by atoms with Crippen LogP contribution >= 0.6 is 22.9 Å². The van der Waals surface area contributed by atoms with Crippen molar-refractivity contribution in [2.75, 3.05) is 53.0 Å². The molecule has 2 aliphatic heterocycles. The van der Waals surface area contributed by atoms with Crippen molar-refractivity contribution in [3.63, 3.8) is 0 Å². The number of nitrogens with one attached hydrogen (secondary N) is 1. The second kappa shape index (κ2) is 12.9. The predicted molar refractivity (Wildman–Crippen MR) is 130 cm³/mol. The first-order chi connectivity index (χ1) is 16.3. The third kappa shape index (κ3) is 7.57. The van der Waals surface area contributed by atoms with E-state index in [4.69, 9.17) is 40.9 Å². The number of halogens is 1. The number of nitrogens with zero attached hydrogens (tertiary/aromatic N) is 2. The fourth-order valence-electron chi connectivity index (χ4n) is 3.76. The van der Waals surface area contributed by atoms with Gasteiger partial charge in [-0.25, -0.2) is 9.59 Å². The van der Waals surface area contributed by atoms with E-state index in [1.54, 1.807) is 0 Å². The van der Waals surface area contributed by atoms with Crippen molar-refractivity contribution >= 4 is 34.9 Å². The Morgan fingerprint density at radius 3 is 2.50 bits per heavy atom. The molecule has 1 unspecified atom stereocenters. The first kappa shape index (κ1) is 26.2. The molecule has 1 saturated heterocycles. The Morgan fingerprint density at radius 1 is 1.15 bits per heavy atom. The fraction of sp³-hybridized carbons (Fsp3) is 0.478. The molecule has 0 radical (unpaired) electrons. The van der Waals surface area contributed by atoms with Gasteiger partial charge in [0.15, 0.2) is 11.5 Å². The van der Waals surface area contributed by atoms with Crippen LogP contribution in [-0.2, 0) is 16.1 Å². The largest absolute Gasteiger partial charge is 0.489 e. The third-order valence-electron chi connectivity index (χ3n) is 5.56. The van der Waals surface area contributed by atoms with E-state index in [1.807, 2.05) is 17.4 Å². The molecule has 2 aromatic rings. The molecule has 1 atom stereocenters. The lowest BCUT2D eigenvalue weighted by Gasteiger charge is -2.37. The highest BCUT2D eigenvalue weighted by Gasteiger charge is 2.24. The summed E-state index contributed by atoms with van der Waals surface area (Å²) in [6.07, 6.45) is 0.881. The van der Waals surface area contributed by atoms with Crippen molar-refractivity contribution in [3.8, 4) is 11.5 Å². The predicted octanol–water partition coefficient (Wildman–Crippen LogP) is 2.80. The summed E-state index contributed by atoms with van der Waals surface area (Å²) in [4.78, 5) is 24.6. The Hall–Kier alpha value is -2.37. The highest BCUT2D eigenvalue weighted by atomic mass is 35.5. The molecule has 3 N–H and O–H groups in total. The van der Waals surface area contributed by atoms with E-state index in [0.717, 1.165) is 57.0 Å². The standard InChI is InChI=1S/C21H28ClN3O2S.C2H2O4/c1-24-5-7-25(8-6-24)18(20-4-2-11-28-20)15-23-14-16-12-17(22)21-19(13-16)26-9-3-10-27-21;3-1(4)2(5)6/h2,4,11-13,18,23H,3,5-10,14-15H2,1H3;(H,3,4)(H,5,6). The van der Waals surface area contributed by atoms with Crippen LogP contribution in [0, 0.1) is 0 Å². The van der Waals surface area contributed by atoms with Crippen LogP contribution in [0.15, 0.2) is 29.6 Å². The van der Waals surface area contributed by atoms with Crippen LogP contribution < -0.4 is 14.8 Å². The molecule has 186 valence electrons. The number of benzene rings is 1. The molecule has 9 nitrogen and oxygen atoms in total. The van der Waals surface area contributed by atoms with Gasteiger partial charge in [0.25, 0.3) is 0 Å². The van der Waals surface area contributed by atoms with Crippen LogP contribution in [0.4, 0.5) is 0 Å². The van der Waals surface area contributed by atoms with Gasteiger partial charge in [0.1, 0.15) is 0 Å². The molecule has 0 spiro atoms. The first-order valence-corrected chi connectivity index (χ1v) is 12.3. The van der Waals surface area contributed by atoms with E-state index < -0.39 is 11.9 Å². The van der Waals surface area contributed by atoms with E-state index in [0.29, 0.717) is 30.0 Å². The van der Waals surface area contributed by atoms with Crippen LogP contribution in [0.1, 0.15) is 22.9 Å². The van der Waals surface area contributed by atoms with Crippen molar-refractivity contribution in [1.82, 2.24) is 15.1 Å². The van der Waals surface area contributed by atoms with Gasteiger partial charge in [-0.15, -0.1) is 11.3 Å². The summed E-state index contributed by atoms with van der Waals surface area (Å²) in [7, 11) is 2.20. The third-order valence-corrected chi connectivity index (χ3v) is 6.82. The zero-order valence-electron chi connectivity index (χ0n) is 19.0. The summed E-state index contributed by atoms with van der Waals surface area (Å²) in [5.74, 6) is -2.21. The second-order valence-electron chi connectivity index (χ2n) is 8.07. The molecule has 2 aliphatic rings. The second-order valence-corrected chi connectivity index (χ2v) is 9.45.